The van der Waals surface area contributed by atoms with Crippen LogP contribution in [0.1, 0.15) is 70.6 Å². The van der Waals surface area contributed by atoms with E-state index in [1.165, 1.54) is 76.6 Å². The lowest BCUT2D eigenvalue weighted by Crippen LogP contribution is -3.00. The Kier molecular flexibility index (Phi) is 5.71. The Morgan fingerprint density at radius 3 is 2.04 bits per heavy atom. The van der Waals surface area contributed by atoms with Crippen molar-refractivity contribution in [3.63, 3.8) is 0 Å². The van der Waals surface area contributed by atoms with Gasteiger partial charge in [0.25, 0.3) is 0 Å². The zero-order valence-corrected chi connectivity index (χ0v) is 16.9. The van der Waals surface area contributed by atoms with Crippen LogP contribution in [0.15, 0.2) is 4.99 Å². The summed E-state index contributed by atoms with van der Waals surface area (Å²) in [5, 5.41) is 4.10. The maximum atomic E-state index is 5.61. The van der Waals surface area contributed by atoms with Gasteiger partial charge in [0, 0.05) is 18.6 Å². The van der Waals surface area contributed by atoms with Crippen molar-refractivity contribution in [3.8, 4) is 0 Å². The van der Waals surface area contributed by atoms with Crippen molar-refractivity contribution in [3.05, 3.63) is 0 Å². The molecule has 0 amide bonds. The first-order chi connectivity index (χ1) is 12.3. The molecule has 4 bridgehead atoms. The fraction of sp³-hybridized carbons (Fsp3) is 0.952. The first-order valence-electron chi connectivity index (χ1n) is 11.0. The molecular formula is C21H35ClN3O-. The molecule has 148 valence electrons. The second-order valence-electron chi connectivity index (χ2n) is 9.67. The van der Waals surface area contributed by atoms with Crippen LogP contribution in [0.25, 0.3) is 0 Å². The molecule has 0 aromatic rings. The van der Waals surface area contributed by atoms with Gasteiger partial charge in [-0.3, -0.25) is 0 Å². The molecule has 0 aromatic heterocycles. The van der Waals surface area contributed by atoms with Crippen LogP contribution in [0.3, 0.4) is 0 Å². The van der Waals surface area contributed by atoms with Crippen molar-refractivity contribution in [2.24, 2.45) is 22.7 Å². The Bertz CT molecular complexity index is 476. The summed E-state index contributed by atoms with van der Waals surface area (Å²) in [5.74, 6) is 4.19. The minimum atomic E-state index is 0. The maximum Gasteiger partial charge on any atom is 0.194 e. The lowest BCUT2D eigenvalue weighted by Gasteiger charge is -2.57. The topological polar surface area (TPSA) is 36.9 Å². The van der Waals surface area contributed by atoms with E-state index in [1.54, 1.807) is 0 Å². The number of aliphatic imine (C=N–C) groups is 1. The number of guanidine groups is 1. The van der Waals surface area contributed by atoms with E-state index in [0.717, 1.165) is 44.1 Å². The number of hydrogen-bond acceptors (Lipinski definition) is 2. The number of morpholine rings is 1. The summed E-state index contributed by atoms with van der Waals surface area (Å²) in [6.07, 6.45) is 15.4. The highest BCUT2D eigenvalue weighted by atomic mass is 35.5. The quantitative estimate of drug-likeness (QED) is 0.562. The molecule has 0 radical (unpaired) electrons. The van der Waals surface area contributed by atoms with E-state index in [9.17, 15) is 0 Å². The molecule has 6 aliphatic rings. The van der Waals surface area contributed by atoms with Gasteiger partial charge in [-0.15, -0.1) is 0 Å². The third-order valence-electron chi connectivity index (χ3n) is 7.61. The third kappa shape index (κ3) is 3.87. The Hall–Kier alpha value is -0.480. The predicted octanol–water partition coefficient (Wildman–Crippen LogP) is 0.570. The number of ether oxygens (including phenoxy) is 1. The molecule has 6 rings (SSSR count). The Balaban J connectivity index is 0.00000168. The summed E-state index contributed by atoms with van der Waals surface area (Å²) in [7, 11) is 0. The van der Waals surface area contributed by atoms with Gasteiger partial charge in [0.05, 0.1) is 19.3 Å². The van der Waals surface area contributed by atoms with Gasteiger partial charge in [-0.05, 0) is 69.1 Å². The van der Waals surface area contributed by atoms with Crippen LogP contribution in [-0.2, 0) is 4.74 Å². The molecule has 1 N–H and O–H groups in total. The summed E-state index contributed by atoms with van der Waals surface area (Å²) in [6.45, 7) is 3.72. The van der Waals surface area contributed by atoms with Crippen molar-refractivity contribution in [1.82, 2.24) is 10.2 Å². The molecule has 0 unspecified atom stereocenters. The van der Waals surface area contributed by atoms with E-state index in [4.69, 9.17) is 9.73 Å². The molecule has 1 aliphatic heterocycles. The fourth-order valence-corrected chi connectivity index (χ4v) is 6.85. The van der Waals surface area contributed by atoms with Crippen LogP contribution in [0.2, 0.25) is 0 Å². The van der Waals surface area contributed by atoms with Crippen molar-refractivity contribution < 1.29 is 17.1 Å². The SMILES string of the molecule is C1CCC(N=C(NC23CC4CC(CC(C4)C2)C3)N2CCOCC2)CC1.[Cl-]. The van der Waals surface area contributed by atoms with Crippen LogP contribution >= 0.6 is 0 Å². The standard InChI is InChI=1S/C21H35N3O.ClH/c1-2-4-19(5-3-1)22-20(24-6-8-25-9-7-24)23-21-13-16-10-17(14-21)12-18(11-16)15-21;/h16-19H,1-15H2,(H,22,23);1H/p-1. The number of hydrogen-bond donors (Lipinski definition) is 1. The van der Waals surface area contributed by atoms with Gasteiger partial charge >= 0.3 is 0 Å². The summed E-state index contributed by atoms with van der Waals surface area (Å²) in [6, 6.07) is 0.549. The minimum absolute atomic E-state index is 0. The van der Waals surface area contributed by atoms with Crippen molar-refractivity contribution in [1.29, 1.82) is 0 Å². The first kappa shape index (κ1) is 18.9. The van der Waals surface area contributed by atoms with Crippen molar-refractivity contribution in [2.75, 3.05) is 26.3 Å². The lowest BCUT2D eigenvalue weighted by molar-refractivity contribution is -0.0132. The fourth-order valence-electron chi connectivity index (χ4n) is 6.85. The van der Waals surface area contributed by atoms with Crippen LogP contribution in [-0.4, -0.2) is 48.7 Å². The molecule has 0 aromatic carbocycles. The highest BCUT2D eigenvalue weighted by Crippen LogP contribution is 2.55. The molecule has 1 saturated heterocycles. The molecule has 1 heterocycles. The molecule has 0 atom stereocenters. The van der Waals surface area contributed by atoms with E-state index < -0.39 is 0 Å². The highest BCUT2D eigenvalue weighted by molar-refractivity contribution is 5.81. The highest BCUT2D eigenvalue weighted by Gasteiger charge is 2.51. The largest absolute Gasteiger partial charge is 1.00 e. The van der Waals surface area contributed by atoms with E-state index in [2.05, 4.69) is 10.2 Å². The summed E-state index contributed by atoms with van der Waals surface area (Å²) in [5.41, 5.74) is 0.362. The van der Waals surface area contributed by atoms with Crippen LogP contribution in [0.5, 0.6) is 0 Å². The number of halogens is 1. The molecule has 4 nitrogen and oxygen atoms in total. The third-order valence-corrected chi connectivity index (χ3v) is 7.61. The molecular weight excluding hydrogens is 346 g/mol. The Labute approximate surface area is 164 Å². The first-order valence-corrected chi connectivity index (χ1v) is 11.0. The monoisotopic (exact) mass is 380 g/mol. The van der Waals surface area contributed by atoms with Gasteiger partial charge in [-0.1, -0.05) is 19.3 Å². The molecule has 5 saturated carbocycles. The molecule has 5 aliphatic carbocycles. The number of rotatable bonds is 2. The number of nitrogens with zero attached hydrogens (tertiary/aromatic N) is 2. The predicted molar refractivity (Wildman–Crippen MR) is 101 cm³/mol. The van der Waals surface area contributed by atoms with Crippen molar-refractivity contribution >= 4 is 5.96 Å². The normalized spacial score (nSPS) is 40.4. The van der Waals surface area contributed by atoms with E-state index in [-0.39, 0.29) is 12.4 Å². The average molecular weight is 381 g/mol. The summed E-state index contributed by atoms with van der Waals surface area (Å²) >= 11 is 0. The van der Waals surface area contributed by atoms with Crippen LogP contribution in [0, 0.1) is 17.8 Å². The zero-order chi connectivity index (χ0) is 16.7. The van der Waals surface area contributed by atoms with Gasteiger partial charge in [0.15, 0.2) is 5.96 Å². The van der Waals surface area contributed by atoms with E-state index >= 15 is 0 Å². The average Bonchev–Trinajstić information content (AvgIpc) is 2.61. The van der Waals surface area contributed by atoms with Gasteiger partial charge in [-0.2, -0.15) is 0 Å². The maximum absolute atomic E-state index is 5.61. The van der Waals surface area contributed by atoms with Crippen LogP contribution < -0.4 is 17.7 Å². The van der Waals surface area contributed by atoms with E-state index in [0.29, 0.717) is 11.6 Å². The van der Waals surface area contributed by atoms with E-state index in [1.807, 2.05) is 0 Å². The summed E-state index contributed by atoms with van der Waals surface area (Å²) in [4.78, 5) is 7.81. The Morgan fingerprint density at radius 2 is 1.46 bits per heavy atom. The Morgan fingerprint density at radius 1 is 0.885 bits per heavy atom. The molecule has 0 spiro atoms. The molecule has 6 fully saturated rings. The molecule has 26 heavy (non-hydrogen) atoms. The van der Waals surface area contributed by atoms with Gasteiger partial charge in [0.2, 0.25) is 0 Å². The van der Waals surface area contributed by atoms with Gasteiger partial charge in [-0.25, -0.2) is 4.99 Å². The van der Waals surface area contributed by atoms with Crippen molar-refractivity contribution in [2.45, 2.75) is 82.2 Å². The molecule has 5 heteroatoms. The second kappa shape index (κ2) is 7.87. The van der Waals surface area contributed by atoms with Gasteiger partial charge < -0.3 is 27.4 Å². The number of nitrogens with one attached hydrogen (secondary N) is 1. The smallest absolute Gasteiger partial charge is 0.194 e. The second-order valence-corrected chi connectivity index (χ2v) is 9.67. The minimum Gasteiger partial charge on any atom is -1.00 e. The van der Waals surface area contributed by atoms with Gasteiger partial charge in [0.1, 0.15) is 0 Å². The zero-order valence-electron chi connectivity index (χ0n) is 16.1. The van der Waals surface area contributed by atoms with Crippen LogP contribution in [0.4, 0.5) is 0 Å². The lowest BCUT2D eigenvalue weighted by atomic mass is 9.53. The summed E-state index contributed by atoms with van der Waals surface area (Å²) < 4.78 is 5.61.